The van der Waals surface area contributed by atoms with E-state index >= 15 is 0 Å². The van der Waals surface area contributed by atoms with Crippen molar-refractivity contribution in [3.8, 4) is 5.75 Å². The molecule has 1 aliphatic rings. The third-order valence-corrected chi connectivity index (χ3v) is 6.28. The molecule has 1 aliphatic heterocycles. The Morgan fingerprint density at radius 3 is 2.37 bits per heavy atom. The fourth-order valence-electron chi connectivity index (χ4n) is 2.93. The Balaban J connectivity index is 0.000000757. The van der Waals surface area contributed by atoms with Crippen molar-refractivity contribution in [2.75, 3.05) is 7.18 Å². The highest BCUT2D eigenvalue weighted by Crippen LogP contribution is 2.48. The monoisotopic (exact) mass is 451 g/mol. The largest absolute Gasteiger partial charge is 0.435 e. The van der Waals surface area contributed by atoms with Crippen LogP contribution in [0.2, 0.25) is 0 Å². The van der Waals surface area contributed by atoms with Crippen molar-refractivity contribution >= 4 is 34.5 Å². The zero-order valence-corrected chi connectivity index (χ0v) is 18.7. The Morgan fingerprint density at radius 1 is 0.967 bits per heavy atom. The molecule has 0 N–H and O–H groups in total. The smallest absolute Gasteiger partial charge is 0.387 e. The van der Waals surface area contributed by atoms with Crippen molar-refractivity contribution in [2.45, 2.75) is 37.0 Å². The van der Waals surface area contributed by atoms with E-state index < -0.39 is 6.61 Å². The number of benzene rings is 2. The fraction of sp³-hybridized carbons (Fsp3) is 0.261. The summed E-state index contributed by atoms with van der Waals surface area (Å²) in [6, 6.07) is 19.0. The number of nitrogens with zero attached hydrogens (tertiary/aromatic N) is 1. The second kappa shape index (κ2) is 12.4. The molecule has 0 saturated carbocycles. The normalized spacial score (nSPS) is 14.9. The first-order chi connectivity index (χ1) is 14.7. The molecule has 2 heterocycles. The van der Waals surface area contributed by atoms with Gasteiger partial charge < -0.3 is 4.74 Å². The van der Waals surface area contributed by atoms with E-state index in [2.05, 4.69) is 0 Å². The van der Waals surface area contributed by atoms with E-state index in [1.54, 1.807) is 35.2 Å². The summed E-state index contributed by atoms with van der Waals surface area (Å²) in [5.41, 5.74) is 2.64. The summed E-state index contributed by atoms with van der Waals surface area (Å²) in [7, 11) is 0.500. The van der Waals surface area contributed by atoms with Gasteiger partial charge in [-0.15, -0.1) is 23.1 Å². The molecule has 0 amide bonds. The minimum absolute atomic E-state index is 0.0607. The lowest BCUT2D eigenvalue weighted by Crippen LogP contribution is -2.08. The Labute approximate surface area is 183 Å². The molecule has 3 aromatic rings. The quantitative estimate of drug-likeness (QED) is 0.398. The molecule has 0 aliphatic carbocycles. The third-order valence-electron chi connectivity index (χ3n) is 4.06. The van der Waals surface area contributed by atoms with E-state index in [9.17, 15) is 13.2 Å². The highest BCUT2D eigenvalue weighted by Gasteiger charge is 2.25. The number of para-hydroxylation sites is 2. The predicted molar refractivity (Wildman–Crippen MR) is 122 cm³/mol. The number of hydrogen-bond donors (Lipinski definition) is 0. The molecule has 0 fully saturated rings. The number of rotatable bonds is 4. The van der Waals surface area contributed by atoms with Gasteiger partial charge in [0.1, 0.15) is 5.75 Å². The first kappa shape index (κ1) is 24.0. The maximum Gasteiger partial charge on any atom is 0.387 e. The van der Waals surface area contributed by atoms with Gasteiger partial charge in [0.25, 0.3) is 0 Å². The summed E-state index contributed by atoms with van der Waals surface area (Å²) in [6.07, 6.45) is 0.642. The van der Waals surface area contributed by atoms with Crippen molar-refractivity contribution in [1.29, 1.82) is 0 Å². The first-order valence-corrected chi connectivity index (χ1v) is 11.3. The summed E-state index contributed by atoms with van der Waals surface area (Å²) in [5, 5.41) is 1.96. The second-order valence-corrected chi connectivity index (χ2v) is 7.92. The van der Waals surface area contributed by atoms with E-state index in [1.165, 1.54) is 0 Å². The molecule has 160 valence electrons. The highest BCUT2D eigenvalue weighted by atomic mass is 32.2. The average Bonchev–Trinajstić information content (AvgIpc) is 3.24. The van der Waals surface area contributed by atoms with Gasteiger partial charge in [0.2, 0.25) is 0 Å². The van der Waals surface area contributed by atoms with Gasteiger partial charge in [-0.2, -0.15) is 8.78 Å². The Bertz CT molecular complexity index is 930. The number of hydrogen-bond acceptors (Lipinski definition) is 4. The Kier molecular flexibility index (Phi) is 9.97. The van der Waals surface area contributed by atoms with Gasteiger partial charge in [0.15, 0.2) is 0 Å². The fourth-order valence-corrected chi connectivity index (χ4v) is 4.92. The molecule has 1 aromatic heterocycles. The Morgan fingerprint density at radius 2 is 1.67 bits per heavy atom. The number of halogens is 3. The maximum absolute atomic E-state index is 12.8. The Hall–Kier alpha value is -2.25. The molecule has 1 atom stereocenters. The van der Waals surface area contributed by atoms with Crippen LogP contribution in [0.1, 0.15) is 36.0 Å². The van der Waals surface area contributed by atoms with E-state index in [0.717, 1.165) is 26.7 Å². The zero-order chi connectivity index (χ0) is 21.9. The molecule has 0 spiro atoms. The van der Waals surface area contributed by atoms with Crippen LogP contribution in [0.4, 0.5) is 18.9 Å². The molecule has 7 heteroatoms. The van der Waals surface area contributed by atoms with Gasteiger partial charge in [-0.3, -0.25) is 9.38 Å². The lowest BCUT2D eigenvalue weighted by atomic mass is 10.0. The minimum atomic E-state index is -2.84. The van der Waals surface area contributed by atoms with Crippen LogP contribution in [0.15, 0.2) is 75.9 Å². The van der Waals surface area contributed by atoms with Crippen molar-refractivity contribution in [2.24, 2.45) is 4.99 Å². The van der Waals surface area contributed by atoms with Gasteiger partial charge in [-0.1, -0.05) is 50.2 Å². The van der Waals surface area contributed by atoms with Crippen molar-refractivity contribution in [1.82, 2.24) is 0 Å². The molecular weight excluding hydrogens is 427 g/mol. The first-order valence-electron chi connectivity index (χ1n) is 9.49. The zero-order valence-electron chi connectivity index (χ0n) is 17.0. The molecule has 2 aromatic carbocycles. The number of aliphatic imine (C=N–C) groups is 1. The van der Waals surface area contributed by atoms with Crippen LogP contribution in [0, 0.1) is 0 Å². The van der Waals surface area contributed by atoms with Crippen LogP contribution in [0.3, 0.4) is 0 Å². The molecule has 1 unspecified atom stereocenters. The standard InChI is InChI=1S/C20H15F2NOS2.C2H6.CH3F/c21-20(22)24-16-8-3-1-6-13(16)19-12-15(17-10-5-11-25-17)23-14-7-2-4-9-18(14)26-19;2*1-2/h1-11,19-20H,12H2;1-2H3;1H3. The second-order valence-electron chi connectivity index (χ2n) is 5.73. The summed E-state index contributed by atoms with van der Waals surface area (Å²) < 4.78 is 39.9. The van der Waals surface area contributed by atoms with Crippen molar-refractivity contribution in [3.05, 3.63) is 76.5 Å². The summed E-state index contributed by atoms with van der Waals surface area (Å²) in [5.74, 6) is 0.227. The molecule has 30 heavy (non-hydrogen) atoms. The molecule has 0 bridgehead atoms. The van der Waals surface area contributed by atoms with Gasteiger partial charge in [0.05, 0.1) is 18.6 Å². The summed E-state index contributed by atoms with van der Waals surface area (Å²) in [6.45, 7) is 1.16. The molecule has 2 nitrogen and oxygen atoms in total. The average molecular weight is 452 g/mol. The lowest BCUT2D eigenvalue weighted by Gasteiger charge is -2.19. The van der Waals surface area contributed by atoms with E-state index in [0.29, 0.717) is 13.6 Å². The predicted octanol–water partition coefficient (Wildman–Crippen LogP) is 8.32. The van der Waals surface area contributed by atoms with Crippen molar-refractivity contribution in [3.63, 3.8) is 0 Å². The van der Waals surface area contributed by atoms with Gasteiger partial charge in [-0.05, 0) is 29.6 Å². The molecule has 0 radical (unpaired) electrons. The minimum Gasteiger partial charge on any atom is -0.435 e. The van der Waals surface area contributed by atoms with Gasteiger partial charge in [-0.25, -0.2) is 0 Å². The lowest BCUT2D eigenvalue weighted by molar-refractivity contribution is -0.0504. The summed E-state index contributed by atoms with van der Waals surface area (Å²) >= 11 is 3.27. The van der Waals surface area contributed by atoms with Crippen LogP contribution >= 0.6 is 23.1 Å². The number of alkyl halides is 3. The number of ether oxygens (including phenoxy) is 1. The van der Waals surface area contributed by atoms with Crippen LogP contribution < -0.4 is 4.74 Å². The highest BCUT2D eigenvalue weighted by molar-refractivity contribution is 7.99. The topological polar surface area (TPSA) is 21.6 Å². The SMILES string of the molecule is CC.CF.FC(F)Oc1ccccc1C1CC(c2cccs2)=Nc2ccccc2S1. The van der Waals surface area contributed by atoms with E-state index in [1.807, 2.05) is 67.8 Å². The van der Waals surface area contributed by atoms with Crippen LogP contribution in [-0.2, 0) is 0 Å². The molecule has 4 rings (SSSR count). The number of fused-ring (bicyclic) bond motifs is 1. The van der Waals surface area contributed by atoms with E-state index in [4.69, 9.17) is 9.73 Å². The van der Waals surface area contributed by atoms with Crippen molar-refractivity contribution < 1.29 is 17.9 Å². The van der Waals surface area contributed by atoms with Gasteiger partial charge >= 0.3 is 6.61 Å². The van der Waals surface area contributed by atoms with Crippen LogP contribution in [0.25, 0.3) is 0 Å². The molecular formula is C23H24F3NOS2. The van der Waals surface area contributed by atoms with Crippen LogP contribution in [0.5, 0.6) is 5.75 Å². The van der Waals surface area contributed by atoms with Crippen LogP contribution in [-0.4, -0.2) is 19.5 Å². The number of thioether (sulfide) groups is 1. The summed E-state index contributed by atoms with van der Waals surface area (Å²) in [4.78, 5) is 7.00. The molecule has 0 saturated heterocycles. The van der Waals surface area contributed by atoms with E-state index in [-0.39, 0.29) is 11.0 Å². The third kappa shape index (κ3) is 6.12. The maximum atomic E-state index is 12.8. The number of thiophene rings is 1. The van der Waals surface area contributed by atoms with Gasteiger partial charge in [0, 0.05) is 27.0 Å².